The molecule has 0 spiro atoms. The predicted octanol–water partition coefficient (Wildman–Crippen LogP) is 3.67. The van der Waals surface area contributed by atoms with Gasteiger partial charge in [-0.2, -0.15) is 0 Å². The lowest BCUT2D eigenvalue weighted by atomic mass is 10.1. The van der Waals surface area contributed by atoms with Gasteiger partial charge in [-0.1, -0.05) is 30.3 Å². The van der Waals surface area contributed by atoms with E-state index in [4.69, 9.17) is 4.74 Å². The van der Waals surface area contributed by atoms with Crippen LogP contribution in [0.5, 0.6) is 5.75 Å². The second kappa shape index (κ2) is 7.70. The molecule has 0 bridgehead atoms. The summed E-state index contributed by atoms with van der Waals surface area (Å²) in [7, 11) is 0. The molecule has 0 saturated carbocycles. The van der Waals surface area contributed by atoms with Crippen LogP contribution >= 0.6 is 0 Å². The SMILES string of the molecule is CC(C)(C)OC(=O)Nc1ccc(O)c(C(=O)NCc2ccccc2)c1. The van der Waals surface area contributed by atoms with Crippen molar-refractivity contribution in [1.82, 2.24) is 5.32 Å². The van der Waals surface area contributed by atoms with Gasteiger partial charge in [0.05, 0.1) is 5.56 Å². The van der Waals surface area contributed by atoms with E-state index < -0.39 is 17.6 Å². The number of hydrogen-bond acceptors (Lipinski definition) is 4. The topological polar surface area (TPSA) is 87.7 Å². The number of carbonyl (C=O) groups is 2. The molecule has 0 aliphatic heterocycles. The molecule has 0 atom stereocenters. The zero-order valence-corrected chi connectivity index (χ0v) is 14.5. The molecule has 6 heteroatoms. The summed E-state index contributed by atoms with van der Waals surface area (Å²) in [5.74, 6) is -0.602. The third-order valence-electron chi connectivity index (χ3n) is 3.18. The van der Waals surface area contributed by atoms with Crippen molar-refractivity contribution in [3.8, 4) is 5.75 Å². The average Bonchev–Trinajstić information content (AvgIpc) is 2.53. The Morgan fingerprint density at radius 2 is 1.76 bits per heavy atom. The molecule has 3 N–H and O–H groups in total. The number of anilines is 1. The van der Waals surface area contributed by atoms with Crippen molar-refractivity contribution in [1.29, 1.82) is 0 Å². The Balaban J connectivity index is 2.05. The summed E-state index contributed by atoms with van der Waals surface area (Å²) >= 11 is 0. The minimum atomic E-state index is -0.631. The molecule has 6 nitrogen and oxygen atoms in total. The van der Waals surface area contributed by atoms with Crippen molar-refractivity contribution >= 4 is 17.7 Å². The van der Waals surface area contributed by atoms with E-state index in [1.165, 1.54) is 18.2 Å². The van der Waals surface area contributed by atoms with E-state index >= 15 is 0 Å². The van der Waals surface area contributed by atoms with Crippen molar-refractivity contribution in [3.63, 3.8) is 0 Å². The molecule has 0 aliphatic rings. The van der Waals surface area contributed by atoms with Crippen LogP contribution in [0.15, 0.2) is 48.5 Å². The maximum Gasteiger partial charge on any atom is 0.412 e. The summed E-state index contributed by atoms with van der Waals surface area (Å²) in [5, 5.41) is 15.2. The molecule has 2 amide bonds. The van der Waals surface area contributed by atoms with Crippen LogP contribution in [0.3, 0.4) is 0 Å². The molecule has 0 aliphatic carbocycles. The normalized spacial score (nSPS) is 10.8. The highest BCUT2D eigenvalue weighted by Gasteiger charge is 2.17. The molecule has 2 aromatic carbocycles. The zero-order chi connectivity index (χ0) is 18.4. The number of benzene rings is 2. The molecular weight excluding hydrogens is 320 g/mol. The lowest BCUT2D eigenvalue weighted by Gasteiger charge is -2.19. The number of rotatable bonds is 4. The number of aromatic hydroxyl groups is 1. The smallest absolute Gasteiger partial charge is 0.412 e. The molecule has 0 aromatic heterocycles. The Labute approximate surface area is 146 Å². The zero-order valence-electron chi connectivity index (χ0n) is 14.5. The molecule has 2 rings (SSSR count). The van der Waals surface area contributed by atoms with Crippen molar-refractivity contribution < 1.29 is 19.4 Å². The summed E-state index contributed by atoms with van der Waals surface area (Å²) < 4.78 is 5.16. The molecule has 132 valence electrons. The van der Waals surface area contributed by atoms with Gasteiger partial charge in [0.2, 0.25) is 0 Å². The molecule has 0 unspecified atom stereocenters. The fourth-order valence-electron chi connectivity index (χ4n) is 2.09. The Morgan fingerprint density at radius 3 is 2.40 bits per heavy atom. The van der Waals surface area contributed by atoms with Crippen molar-refractivity contribution in [3.05, 3.63) is 59.7 Å². The van der Waals surface area contributed by atoms with Gasteiger partial charge < -0.3 is 15.2 Å². The van der Waals surface area contributed by atoms with Crippen LogP contribution in [-0.2, 0) is 11.3 Å². The minimum Gasteiger partial charge on any atom is -0.507 e. The third-order valence-corrected chi connectivity index (χ3v) is 3.18. The van der Waals surface area contributed by atoms with Gasteiger partial charge in [0.15, 0.2) is 0 Å². The first-order valence-electron chi connectivity index (χ1n) is 7.90. The van der Waals surface area contributed by atoms with E-state index in [0.29, 0.717) is 12.2 Å². The van der Waals surface area contributed by atoms with E-state index in [2.05, 4.69) is 10.6 Å². The van der Waals surface area contributed by atoms with Gasteiger partial charge >= 0.3 is 6.09 Å². The number of phenolic OH excluding ortho intramolecular Hbond substituents is 1. The summed E-state index contributed by atoms with van der Waals surface area (Å²) in [6.45, 7) is 5.60. The van der Waals surface area contributed by atoms with Gasteiger partial charge in [0, 0.05) is 12.2 Å². The predicted molar refractivity (Wildman–Crippen MR) is 95.6 cm³/mol. The molecular formula is C19H22N2O4. The van der Waals surface area contributed by atoms with Gasteiger partial charge in [0.25, 0.3) is 5.91 Å². The minimum absolute atomic E-state index is 0.0736. The van der Waals surface area contributed by atoms with E-state index in [0.717, 1.165) is 5.56 Å². The van der Waals surface area contributed by atoms with Crippen LogP contribution in [0.4, 0.5) is 10.5 Å². The highest BCUT2D eigenvalue weighted by atomic mass is 16.6. The Kier molecular flexibility index (Phi) is 5.64. The van der Waals surface area contributed by atoms with Crippen LogP contribution in [-0.4, -0.2) is 22.7 Å². The second-order valence-electron chi connectivity index (χ2n) is 6.53. The maximum absolute atomic E-state index is 12.3. The highest BCUT2D eigenvalue weighted by Crippen LogP contribution is 2.22. The van der Waals surface area contributed by atoms with Gasteiger partial charge in [-0.05, 0) is 44.5 Å². The third kappa shape index (κ3) is 5.84. The molecule has 0 saturated heterocycles. The van der Waals surface area contributed by atoms with Crippen LogP contribution < -0.4 is 10.6 Å². The Bertz CT molecular complexity index is 752. The number of ether oxygens (including phenoxy) is 1. The second-order valence-corrected chi connectivity index (χ2v) is 6.53. The number of phenols is 1. The quantitative estimate of drug-likeness (QED) is 0.740. The summed E-state index contributed by atoms with van der Waals surface area (Å²) in [6.07, 6.45) is -0.631. The first kappa shape index (κ1) is 18.3. The summed E-state index contributed by atoms with van der Waals surface area (Å²) in [5.41, 5.74) is 0.747. The fourth-order valence-corrected chi connectivity index (χ4v) is 2.09. The van der Waals surface area contributed by atoms with E-state index in [9.17, 15) is 14.7 Å². The number of hydrogen-bond donors (Lipinski definition) is 3. The lowest BCUT2D eigenvalue weighted by Crippen LogP contribution is -2.27. The molecule has 0 radical (unpaired) electrons. The number of carbonyl (C=O) groups excluding carboxylic acids is 2. The van der Waals surface area contributed by atoms with E-state index in [1.807, 2.05) is 30.3 Å². The highest BCUT2D eigenvalue weighted by molar-refractivity contribution is 5.98. The average molecular weight is 342 g/mol. The largest absolute Gasteiger partial charge is 0.507 e. The van der Waals surface area contributed by atoms with Crippen LogP contribution in [0.25, 0.3) is 0 Å². The fraction of sp³-hybridized carbons (Fsp3) is 0.263. The summed E-state index contributed by atoms with van der Waals surface area (Å²) in [6, 6.07) is 13.7. The molecule has 25 heavy (non-hydrogen) atoms. The van der Waals surface area contributed by atoms with Crippen molar-refractivity contribution in [2.75, 3.05) is 5.32 Å². The van der Waals surface area contributed by atoms with Crippen LogP contribution in [0.1, 0.15) is 36.7 Å². The van der Waals surface area contributed by atoms with E-state index in [-0.39, 0.29) is 11.3 Å². The standard InChI is InChI=1S/C19H22N2O4/c1-19(2,3)25-18(24)21-14-9-10-16(22)15(11-14)17(23)20-12-13-7-5-4-6-8-13/h4-11,22H,12H2,1-3H3,(H,20,23)(H,21,24). The van der Waals surface area contributed by atoms with Gasteiger partial charge in [0.1, 0.15) is 11.4 Å². The lowest BCUT2D eigenvalue weighted by molar-refractivity contribution is 0.0635. The Hall–Kier alpha value is -3.02. The first-order valence-corrected chi connectivity index (χ1v) is 7.90. The summed E-state index contributed by atoms with van der Waals surface area (Å²) in [4.78, 5) is 24.1. The number of nitrogens with one attached hydrogen (secondary N) is 2. The van der Waals surface area contributed by atoms with Crippen LogP contribution in [0, 0.1) is 0 Å². The first-order chi connectivity index (χ1) is 11.7. The van der Waals surface area contributed by atoms with Gasteiger partial charge in [-0.15, -0.1) is 0 Å². The number of amides is 2. The Morgan fingerprint density at radius 1 is 1.08 bits per heavy atom. The van der Waals surface area contributed by atoms with Crippen LogP contribution in [0.2, 0.25) is 0 Å². The maximum atomic E-state index is 12.3. The molecule has 0 heterocycles. The van der Waals surface area contributed by atoms with Crippen molar-refractivity contribution in [2.45, 2.75) is 32.9 Å². The van der Waals surface area contributed by atoms with Gasteiger partial charge in [-0.3, -0.25) is 10.1 Å². The van der Waals surface area contributed by atoms with Gasteiger partial charge in [-0.25, -0.2) is 4.79 Å². The van der Waals surface area contributed by atoms with E-state index in [1.54, 1.807) is 20.8 Å². The molecule has 2 aromatic rings. The van der Waals surface area contributed by atoms with Crippen molar-refractivity contribution in [2.24, 2.45) is 0 Å². The monoisotopic (exact) mass is 342 g/mol. The molecule has 0 fully saturated rings.